The number of nitrogens with one attached hydrogen (secondary N) is 2. The number of piperazine rings is 1. The molecular formula is C15H15F8N3O. The number of rotatable bonds is 3. The lowest BCUT2D eigenvalue weighted by Gasteiger charge is -2.38. The Morgan fingerprint density at radius 1 is 1.15 bits per heavy atom. The van der Waals surface area contributed by atoms with E-state index in [1.54, 1.807) is 0 Å². The van der Waals surface area contributed by atoms with E-state index in [1.165, 1.54) is 0 Å². The van der Waals surface area contributed by atoms with Gasteiger partial charge in [0.2, 0.25) is 0 Å². The first-order chi connectivity index (χ1) is 12.3. The summed E-state index contributed by atoms with van der Waals surface area (Å²) in [6.07, 6.45) is -12.1. The van der Waals surface area contributed by atoms with Crippen LogP contribution in [0.25, 0.3) is 0 Å². The largest absolute Gasteiger partial charge is 0.453 e. The first kappa shape index (κ1) is 21.2. The summed E-state index contributed by atoms with van der Waals surface area (Å²) in [6, 6.07) is 1.05. The Hall–Kier alpha value is -2.11. The van der Waals surface area contributed by atoms with Gasteiger partial charge >= 0.3 is 24.3 Å². The lowest BCUT2D eigenvalue weighted by molar-refractivity contribution is -0.287. The molecule has 0 aromatic heterocycles. The van der Waals surface area contributed by atoms with Crippen molar-refractivity contribution in [2.45, 2.75) is 30.7 Å². The number of hydrogen-bond acceptors (Lipinski definition) is 2. The van der Waals surface area contributed by atoms with Gasteiger partial charge < -0.3 is 15.5 Å². The second-order valence-electron chi connectivity index (χ2n) is 5.97. The van der Waals surface area contributed by atoms with E-state index < -0.39 is 42.3 Å². The molecule has 0 bridgehead atoms. The SMILES string of the molecule is O=C(Nc1cccc(C(F)(F)F)c1)N1CCNCC1CC(F)(F)C(F)(F)F. The highest BCUT2D eigenvalue weighted by atomic mass is 19.4. The zero-order chi connectivity index (χ0) is 20.5. The smallest absolute Gasteiger partial charge is 0.319 e. The zero-order valence-electron chi connectivity index (χ0n) is 13.6. The van der Waals surface area contributed by atoms with Crippen LogP contribution in [-0.2, 0) is 6.18 Å². The molecule has 2 amide bonds. The molecule has 1 aliphatic rings. The van der Waals surface area contributed by atoms with Gasteiger partial charge in [-0.25, -0.2) is 4.79 Å². The molecule has 152 valence electrons. The Balaban J connectivity index is 2.14. The number of amides is 2. The van der Waals surface area contributed by atoms with Crippen LogP contribution in [0.3, 0.4) is 0 Å². The molecule has 1 unspecified atom stereocenters. The second-order valence-corrected chi connectivity index (χ2v) is 5.97. The molecule has 1 atom stereocenters. The lowest BCUT2D eigenvalue weighted by atomic mass is 10.0. The van der Waals surface area contributed by atoms with Crippen LogP contribution < -0.4 is 10.6 Å². The van der Waals surface area contributed by atoms with Crippen LogP contribution in [0.2, 0.25) is 0 Å². The average Bonchev–Trinajstić information content (AvgIpc) is 2.53. The summed E-state index contributed by atoms with van der Waals surface area (Å²) in [6.45, 7) is -0.338. The number of alkyl halides is 8. The van der Waals surface area contributed by atoms with Crippen molar-refractivity contribution in [2.24, 2.45) is 0 Å². The van der Waals surface area contributed by atoms with Gasteiger partial charge in [0, 0.05) is 31.7 Å². The monoisotopic (exact) mass is 405 g/mol. The van der Waals surface area contributed by atoms with E-state index in [0.717, 1.165) is 23.1 Å². The normalized spacial score (nSPS) is 19.1. The predicted octanol–water partition coefficient (Wildman–Crippen LogP) is 4.10. The molecular weight excluding hydrogens is 390 g/mol. The van der Waals surface area contributed by atoms with Gasteiger partial charge in [0.25, 0.3) is 0 Å². The number of carbonyl (C=O) groups is 1. The molecule has 2 N–H and O–H groups in total. The summed E-state index contributed by atoms with van der Waals surface area (Å²) >= 11 is 0. The number of benzene rings is 1. The number of carbonyl (C=O) groups excluding carboxylic acids is 1. The third-order valence-electron chi connectivity index (χ3n) is 3.96. The fraction of sp³-hybridized carbons (Fsp3) is 0.533. The molecule has 2 rings (SSSR count). The minimum atomic E-state index is -5.77. The van der Waals surface area contributed by atoms with Crippen LogP contribution in [0.15, 0.2) is 24.3 Å². The maximum atomic E-state index is 13.3. The fourth-order valence-electron chi connectivity index (χ4n) is 2.59. The summed E-state index contributed by atoms with van der Waals surface area (Å²) in [5, 5.41) is 4.73. The molecule has 1 aliphatic heterocycles. The summed E-state index contributed by atoms with van der Waals surface area (Å²) < 4.78 is 102. The van der Waals surface area contributed by atoms with Crippen LogP contribution >= 0.6 is 0 Å². The molecule has 0 aliphatic carbocycles. The van der Waals surface area contributed by atoms with Crippen LogP contribution in [0.5, 0.6) is 0 Å². The zero-order valence-corrected chi connectivity index (χ0v) is 13.6. The Kier molecular flexibility index (Phi) is 5.88. The highest BCUT2D eigenvalue weighted by Gasteiger charge is 2.58. The predicted molar refractivity (Wildman–Crippen MR) is 79.4 cm³/mol. The highest BCUT2D eigenvalue weighted by Crippen LogP contribution is 2.40. The van der Waals surface area contributed by atoms with E-state index in [1.807, 2.05) is 0 Å². The Bertz CT molecular complexity index is 674. The maximum absolute atomic E-state index is 13.3. The maximum Gasteiger partial charge on any atom is 0.453 e. The standard InChI is InChI=1S/C15H15F8N3O/c16-13(17,15(21,22)23)7-11-8-24-4-5-26(11)12(27)25-10-3-1-2-9(6-10)14(18,19)20/h1-3,6,11,24H,4-5,7-8H2,(H,25,27). The minimum Gasteiger partial charge on any atom is -0.319 e. The van der Waals surface area contributed by atoms with Crippen molar-refractivity contribution in [2.75, 3.05) is 25.0 Å². The topological polar surface area (TPSA) is 44.4 Å². The Morgan fingerprint density at radius 3 is 2.41 bits per heavy atom. The molecule has 4 nitrogen and oxygen atoms in total. The molecule has 0 saturated carbocycles. The molecule has 1 heterocycles. The van der Waals surface area contributed by atoms with Gasteiger partial charge in [0.05, 0.1) is 11.6 Å². The molecule has 1 aromatic rings. The van der Waals surface area contributed by atoms with Gasteiger partial charge in [0.1, 0.15) is 0 Å². The van der Waals surface area contributed by atoms with Crippen molar-refractivity contribution < 1.29 is 39.9 Å². The van der Waals surface area contributed by atoms with Crippen molar-refractivity contribution in [1.82, 2.24) is 10.2 Å². The van der Waals surface area contributed by atoms with E-state index in [-0.39, 0.29) is 25.3 Å². The molecule has 12 heteroatoms. The third kappa shape index (κ3) is 5.21. The fourth-order valence-corrected chi connectivity index (χ4v) is 2.59. The molecule has 0 radical (unpaired) electrons. The first-order valence-corrected chi connectivity index (χ1v) is 7.71. The Labute approximate surface area is 148 Å². The van der Waals surface area contributed by atoms with Gasteiger partial charge in [0.15, 0.2) is 0 Å². The number of nitrogens with zero attached hydrogens (tertiary/aromatic N) is 1. The number of hydrogen-bond donors (Lipinski definition) is 2. The first-order valence-electron chi connectivity index (χ1n) is 7.71. The lowest BCUT2D eigenvalue weighted by Crippen LogP contribution is -2.57. The van der Waals surface area contributed by atoms with Gasteiger partial charge in [-0.2, -0.15) is 35.1 Å². The molecule has 1 fully saturated rings. The van der Waals surface area contributed by atoms with Crippen LogP contribution in [-0.4, -0.2) is 48.7 Å². The summed E-state index contributed by atoms with van der Waals surface area (Å²) in [5.74, 6) is -5.01. The Morgan fingerprint density at radius 2 is 1.81 bits per heavy atom. The summed E-state index contributed by atoms with van der Waals surface area (Å²) in [7, 11) is 0. The van der Waals surface area contributed by atoms with E-state index in [0.29, 0.717) is 6.07 Å². The minimum absolute atomic E-state index is 0.143. The molecule has 27 heavy (non-hydrogen) atoms. The summed E-state index contributed by atoms with van der Waals surface area (Å²) in [5.41, 5.74) is -1.30. The highest BCUT2D eigenvalue weighted by molar-refractivity contribution is 5.89. The number of anilines is 1. The van der Waals surface area contributed by atoms with Crippen molar-refractivity contribution in [3.8, 4) is 0 Å². The number of halogens is 8. The average molecular weight is 405 g/mol. The summed E-state index contributed by atoms with van der Waals surface area (Å²) in [4.78, 5) is 13.0. The van der Waals surface area contributed by atoms with Crippen molar-refractivity contribution in [3.63, 3.8) is 0 Å². The second kappa shape index (κ2) is 7.49. The van der Waals surface area contributed by atoms with E-state index >= 15 is 0 Å². The van der Waals surface area contributed by atoms with Gasteiger partial charge in [-0.05, 0) is 18.2 Å². The number of urea groups is 1. The van der Waals surface area contributed by atoms with E-state index in [2.05, 4.69) is 10.6 Å². The van der Waals surface area contributed by atoms with Crippen LogP contribution in [0.1, 0.15) is 12.0 Å². The quantitative estimate of drug-likeness (QED) is 0.744. The van der Waals surface area contributed by atoms with Crippen molar-refractivity contribution in [1.29, 1.82) is 0 Å². The third-order valence-corrected chi connectivity index (χ3v) is 3.96. The molecule has 0 spiro atoms. The van der Waals surface area contributed by atoms with Gasteiger partial charge in [-0.3, -0.25) is 0 Å². The van der Waals surface area contributed by atoms with E-state index in [9.17, 15) is 39.9 Å². The van der Waals surface area contributed by atoms with Crippen LogP contribution in [0.4, 0.5) is 45.6 Å². The van der Waals surface area contributed by atoms with Crippen LogP contribution in [0, 0.1) is 0 Å². The van der Waals surface area contributed by atoms with E-state index in [4.69, 9.17) is 0 Å². The van der Waals surface area contributed by atoms with Crippen molar-refractivity contribution >= 4 is 11.7 Å². The van der Waals surface area contributed by atoms with Gasteiger partial charge in [-0.1, -0.05) is 6.07 Å². The molecule has 1 aromatic carbocycles. The molecule has 1 saturated heterocycles. The van der Waals surface area contributed by atoms with Gasteiger partial charge in [-0.15, -0.1) is 0 Å². The van der Waals surface area contributed by atoms with Crippen molar-refractivity contribution in [3.05, 3.63) is 29.8 Å².